The third-order valence-electron chi connectivity index (χ3n) is 7.02. The fourth-order valence-electron chi connectivity index (χ4n) is 4.82. The van der Waals surface area contributed by atoms with Gasteiger partial charge in [-0.05, 0) is 54.1 Å². The van der Waals surface area contributed by atoms with Crippen LogP contribution in [-0.2, 0) is 10.0 Å². The number of rotatable bonds is 6. The number of nitrogens with zero attached hydrogens (tertiary/aromatic N) is 3. The Morgan fingerprint density at radius 2 is 1.74 bits per heavy atom. The van der Waals surface area contributed by atoms with Crippen molar-refractivity contribution in [3.63, 3.8) is 0 Å². The van der Waals surface area contributed by atoms with Gasteiger partial charge in [0.25, 0.3) is 5.91 Å². The molecule has 3 aromatic heterocycles. The van der Waals surface area contributed by atoms with Gasteiger partial charge in [0.2, 0.25) is 10.0 Å². The average molecular weight is 588 g/mol. The van der Waals surface area contributed by atoms with Crippen LogP contribution in [0.2, 0.25) is 0 Å². The molecule has 0 bridgehead atoms. The maximum Gasteiger partial charge on any atom is 0.255 e. The molecule has 0 spiro atoms. The van der Waals surface area contributed by atoms with Crippen LogP contribution in [0.3, 0.4) is 0 Å². The normalized spacial score (nSPS) is 11.7. The van der Waals surface area contributed by atoms with Gasteiger partial charge >= 0.3 is 0 Å². The number of H-pyrrole nitrogens is 1. The Balaban J connectivity index is 1.63. The highest BCUT2D eigenvalue weighted by molar-refractivity contribution is 7.92. The number of amides is 1. The predicted molar refractivity (Wildman–Crippen MR) is 157 cm³/mol. The van der Waals surface area contributed by atoms with E-state index in [1.165, 1.54) is 56.6 Å². The number of benzene rings is 3. The molecule has 3 aromatic carbocycles. The van der Waals surface area contributed by atoms with Crippen molar-refractivity contribution in [2.45, 2.75) is 0 Å². The Bertz CT molecular complexity index is 2090. The molecule has 3 heterocycles. The number of hydrogen-bond acceptors (Lipinski definition) is 6. The number of imidazole rings is 1. The fraction of sp³-hybridized carbons (Fsp3) is 0.100. The molecule has 12 heteroatoms. The zero-order valence-electron chi connectivity index (χ0n) is 22.6. The minimum absolute atomic E-state index is 0.155. The van der Waals surface area contributed by atoms with E-state index in [0.717, 1.165) is 10.6 Å². The molecule has 0 aliphatic rings. The Kier molecular flexibility index (Phi) is 6.49. The molecule has 9 nitrogen and oxygen atoms in total. The van der Waals surface area contributed by atoms with Crippen molar-refractivity contribution in [3.8, 4) is 33.8 Å². The number of pyridine rings is 1. The van der Waals surface area contributed by atoms with E-state index < -0.39 is 27.6 Å². The number of aromatic nitrogens is 3. The lowest BCUT2D eigenvalue weighted by atomic mass is 9.97. The third-order valence-corrected chi connectivity index (χ3v) is 8.21. The second-order valence-corrected chi connectivity index (χ2v) is 11.7. The van der Waals surface area contributed by atoms with Crippen LogP contribution in [0.4, 0.5) is 14.5 Å². The summed E-state index contributed by atoms with van der Waals surface area (Å²) in [5.41, 5.74) is 3.34. The Morgan fingerprint density at radius 3 is 2.43 bits per heavy atom. The second kappa shape index (κ2) is 10.1. The summed E-state index contributed by atoms with van der Waals surface area (Å²) in [5, 5.41) is 2.99. The van der Waals surface area contributed by atoms with Crippen molar-refractivity contribution in [3.05, 3.63) is 90.3 Å². The van der Waals surface area contributed by atoms with Crippen LogP contribution in [0.15, 0.2) is 77.5 Å². The van der Waals surface area contributed by atoms with Crippen LogP contribution < -0.4 is 9.62 Å². The minimum Gasteiger partial charge on any atom is -0.455 e. The van der Waals surface area contributed by atoms with Gasteiger partial charge in [0.1, 0.15) is 28.8 Å². The molecule has 0 atom stereocenters. The summed E-state index contributed by atoms with van der Waals surface area (Å²) in [7, 11) is -0.894. The van der Waals surface area contributed by atoms with E-state index in [1.54, 1.807) is 30.6 Å². The summed E-state index contributed by atoms with van der Waals surface area (Å²) in [6.07, 6.45) is 4.22. The number of carbonyl (C=O) groups excluding carboxylic acids is 1. The monoisotopic (exact) mass is 587 g/mol. The molecule has 0 aliphatic carbocycles. The highest BCUT2D eigenvalue weighted by Gasteiger charge is 2.26. The van der Waals surface area contributed by atoms with Crippen molar-refractivity contribution >= 4 is 43.6 Å². The van der Waals surface area contributed by atoms with E-state index in [-0.39, 0.29) is 34.0 Å². The summed E-state index contributed by atoms with van der Waals surface area (Å²) in [6, 6.07) is 14.7. The summed E-state index contributed by atoms with van der Waals surface area (Å²) in [4.78, 5) is 24.7. The molecule has 6 aromatic rings. The molecular formula is C30H23F2N5O4S. The van der Waals surface area contributed by atoms with Crippen molar-refractivity contribution in [2.24, 2.45) is 0 Å². The molecule has 2 N–H and O–H groups in total. The van der Waals surface area contributed by atoms with Crippen LogP contribution >= 0.6 is 0 Å². The second-order valence-electron chi connectivity index (χ2n) is 9.66. The van der Waals surface area contributed by atoms with Gasteiger partial charge in [0, 0.05) is 42.9 Å². The smallest absolute Gasteiger partial charge is 0.255 e. The molecule has 1 amide bonds. The van der Waals surface area contributed by atoms with E-state index in [9.17, 15) is 17.6 Å². The van der Waals surface area contributed by atoms with Gasteiger partial charge < -0.3 is 14.7 Å². The molecule has 0 unspecified atom stereocenters. The number of fused-ring (bicyclic) bond motifs is 2. The Hall–Kier alpha value is -5.10. The van der Waals surface area contributed by atoms with Crippen LogP contribution in [0, 0.1) is 11.6 Å². The molecule has 42 heavy (non-hydrogen) atoms. The van der Waals surface area contributed by atoms with Crippen molar-refractivity contribution in [1.82, 2.24) is 20.3 Å². The van der Waals surface area contributed by atoms with Crippen molar-refractivity contribution in [1.29, 1.82) is 0 Å². The maximum atomic E-state index is 15.2. The van der Waals surface area contributed by atoms with Gasteiger partial charge in [-0.3, -0.25) is 14.1 Å². The van der Waals surface area contributed by atoms with Gasteiger partial charge in [-0.1, -0.05) is 6.07 Å². The largest absolute Gasteiger partial charge is 0.455 e. The highest BCUT2D eigenvalue weighted by atomic mass is 32.2. The molecule has 212 valence electrons. The number of aromatic amines is 1. The number of nitrogens with one attached hydrogen (secondary N) is 2. The fourth-order valence-corrected chi connectivity index (χ4v) is 5.32. The SMILES string of the molecule is CNC(=O)c1c(-c2ccc(F)cc2)oc2cc(N(C)S(C)(=O)=O)c(-c3ccc(F)c(-c4nc5ccncc5[nH]4)c3)cc12. The predicted octanol–water partition coefficient (Wildman–Crippen LogP) is 5.74. The number of anilines is 1. The molecule has 0 aliphatic heterocycles. The van der Waals surface area contributed by atoms with Crippen molar-refractivity contribution < 1.29 is 26.4 Å². The van der Waals surface area contributed by atoms with E-state index in [0.29, 0.717) is 33.1 Å². The number of carbonyl (C=O) groups is 1. The Labute approximate surface area is 238 Å². The van der Waals surface area contributed by atoms with Gasteiger partial charge in [0.05, 0.1) is 40.3 Å². The van der Waals surface area contributed by atoms with E-state index in [1.807, 2.05) is 0 Å². The molecule has 0 radical (unpaired) electrons. The lowest BCUT2D eigenvalue weighted by Crippen LogP contribution is -2.25. The minimum atomic E-state index is -3.75. The topological polar surface area (TPSA) is 121 Å². The molecular weight excluding hydrogens is 564 g/mol. The first-order valence-electron chi connectivity index (χ1n) is 12.7. The first-order chi connectivity index (χ1) is 20.0. The van der Waals surface area contributed by atoms with Gasteiger partial charge in [-0.15, -0.1) is 0 Å². The highest BCUT2D eigenvalue weighted by Crippen LogP contribution is 2.42. The number of halogens is 2. The van der Waals surface area contributed by atoms with Gasteiger partial charge in [0.15, 0.2) is 0 Å². The summed E-state index contributed by atoms with van der Waals surface area (Å²) in [5.74, 6) is -1.00. The third kappa shape index (κ3) is 4.65. The summed E-state index contributed by atoms with van der Waals surface area (Å²) < 4.78 is 61.4. The quantitative estimate of drug-likeness (QED) is 0.256. The number of furan rings is 1. The van der Waals surface area contributed by atoms with E-state index >= 15 is 4.39 Å². The Morgan fingerprint density at radius 1 is 1.00 bits per heavy atom. The molecule has 0 fully saturated rings. The molecule has 0 saturated carbocycles. The number of sulfonamides is 1. The lowest BCUT2D eigenvalue weighted by Gasteiger charge is -2.21. The standard InChI is InChI=1S/C30H23F2N5O4S/c1-33-30(38)27-21-13-19(17-6-9-22(32)20(12-17)29-35-23-10-11-34-15-24(23)36-29)25(37(2)42(3,39)40)14-26(21)41-28(27)16-4-7-18(31)8-5-16/h4-15H,1-3H3,(H,33,38)(H,35,36). The van der Waals surface area contributed by atoms with Crippen LogP contribution in [0.1, 0.15) is 10.4 Å². The first kappa shape index (κ1) is 27.1. The van der Waals surface area contributed by atoms with Gasteiger partial charge in [-0.25, -0.2) is 22.2 Å². The van der Waals surface area contributed by atoms with E-state index in [2.05, 4.69) is 20.3 Å². The average Bonchev–Trinajstić information content (AvgIpc) is 3.57. The van der Waals surface area contributed by atoms with Crippen LogP contribution in [-0.4, -0.2) is 49.6 Å². The summed E-state index contributed by atoms with van der Waals surface area (Å²) >= 11 is 0. The maximum absolute atomic E-state index is 15.2. The van der Waals surface area contributed by atoms with Crippen LogP contribution in [0.5, 0.6) is 0 Å². The lowest BCUT2D eigenvalue weighted by molar-refractivity contribution is 0.0964. The zero-order chi connectivity index (χ0) is 29.8. The zero-order valence-corrected chi connectivity index (χ0v) is 23.4. The molecule has 0 saturated heterocycles. The van der Waals surface area contributed by atoms with Crippen molar-refractivity contribution in [2.75, 3.05) is 24.7 Å². The number of hydrogen-bond donors (Lipinski definition) is 2. The van der Waals surface area contributed by atoms with E-state index in [4.69, 9.17) is 4.42 Å². The summed E-state index contributed by atoms with van der Waals surface area (Å²) in [6.45, 7) is 0. The van der Waals surface area contributed by atoms with Crippen LogP contribution in [0.25, 0.3) is 55.8 Å². The molecule has 6 rings (SSSR count). The van der Waals surface area contributed by atoms with Gasteiger partial charge in [-0.2, -0.15) is 0 Å². The first-order valence-corrected chi connectivity index (χ1v) is 14.5.